The zero-order valence-electron chi connectivity index (χ0n) is 23.3. The van der Waals surface area contributed by atoms with Crippen molar-refractivity contribution in [2.24, 2.45) is 39.8 Å². The monoisotopic (exact) mass is 557 g/mol. The second-order valence-electron chi connectivity index (χ2n) is 10.4. The van der Waals surface area contributed by atoms with Gasteiger partial charge in [-0.3, -0.25) is 29.6 Å². The summed E-state index contributed by atoms with van der Waals surface area (Å²) in [7, 11) is 3.12. The van der Waals surface area contributed by atoms with Crippen molar-refractivity contribution in [1.29, 1.82) is 5.41 Å². The molecule has 1 fully saturated rings. The van der Waals surface area contributed by atoms with E-state index in [9.17, 15) is 19.2 Å². The molecule has 1 saturated carbocycles. The van der Waals surface area contributed by atoms with Gasteiger partial charge in [-0.1, -0.05) is 43.5 Å². The van der Waals surface area contributed by atoms with E-state index in [1.165, 1.54) is 4.90 Å². The Morgan fingerprint density at radius 2 is 1.60 bits per heavy atom. The number of nitrogens with two attached hydrogens (primary N) is 4. The van der Waals surface area contributed by atoms with Crippen LogP contribution < -0.4 is 33.6 Å². The number of guanidine groups is 1. The lowest BCUT2D eigenvalue weighted by Gasteiger charge is -2.32. The lowest BCUT2D eigenvalue weighted by Crippen LogP contribution is -2.57. The van der Waals surface area contributed by atoms with Gasteiger partial charge in [0.1, 0.15) is 23.8 Å². The number of hydrogen-bond acceptors (Lipinski definition) is 6. The molecule has 220 valence electrons. The molecule has 3 atom stereocenters. The molecule has 0 aliphatic heterocycles. The summed E-state index contributed by atoms with van der Waals surface area (Å²) < 4.78 is 0. The Morgan fingerprint density at radius 3 is 2.12 bits per heavy atom. The van der Waals surface area contributed by atoms with Crippen LogP contribution in [0.2, 0.25) is 0 Å². The van der Waals surface area contributed by atoms with Gasteiger partial charge in [-0.05, 0) is 43.6 Å². The summed E-state index contributed by atoms with van der Waals surface area (Å²) in [4.78, 5) is 57.5. The zero-order chi connectivity index (χ0) is 29.8. The van der Waals surface area contributed by atoms with Crippen LogP contribution in [0.25, 0.3) is 0 Å². The normalized spacial score (nSPS) is 15.7. The van der Waals surface area contributed by atoms with E-state index < -0.39 is 41.6 Å². The molecule has 3 unspecified atom stereocenters. The summed E-state index contributed by atoms with van der Waals surface area (Å²) in [5.74, 6) is -3.63. The van der Waals surface area contributed by atoms with Crippen LogP contribution in [0.1, 0.15) is 56.1 Å². The molecular formula is C27H43N9O4. The van der Waals surface area contributed by atoms with E-state index in [-0.39, 0.29) is 37.1 Å². The van der Waals surface area contributed by atoms with E-state index in [4.69, 9.17) is 28.3 Å². The topological polar surface area (TPSA) is 236 Å². The van der Waals surface area contributed by atoms with Gasteiger partial charge < -0.3 is 38.5 Å². The maximum Gasteiger partial charge on any atom is 0.243 e. The number of amidine groups is 1. The van der Waals surface area contributed by atoms with Gasteiger partial charge in [0, 0.05) is 26.2 Å². The highest BCUT2D eigenvalue weighted by Crippen LogP contribution is 2.27. The highest BCUT2D eigenvalue weighted by atomic mass is 16.2. The van der Waals surface area contributed by atoms with E-state index in [2.05, 4.69) is 15.6 Å². The molecule has 0 heterocycles. The number of carbonyl (C=O) groups excluding carboxylic acids is 4. The Bertz CT molecular complexity index is 1080. The highest BCUT2D eigenvalue weighted by molar-refractivity contribution is 6.02. The number of nitrogens with one attached hydrogen (secondary N) is 3. The number of amides is 4. The van der Waals surface area contributed by atoms with E-state index in [1.54, 1.807) is 38.4 Å². The molecular weight excluding hydrogens is 514 g/mol. The van der Waals surface area contributed by atoms with Crippen LogP contribution in [0.15, 0.2) is 29.3 Å². The second kappa shape index (κ2) is 15.4. The maximum absolute atomic E-state index is 13.6. The third-order valence-corrected chi connectivity index (χ3v) is 7.07. The molecule has 0 radical (unpaired) electrons. The third kappa shape index (κ3) is 9.86. The molecule has 1 aliphatic carbocycles. The van der Waals surface area contributed by atoms with Gasteiger partial charge in [0.2, 0.25) is 23.6 Å². The third-order valence-electron chi connectivity index (χ3n) is 7.07. The van der Waals surface area contributed by atoms with Gasteiger partial charge in [-0.15, -0.1) is 0 Å². The van der Waals surface area contributed by atoms with Crippen molar-refractivity contribution in [3.63, 3.8) is 0 Å². The first-order chi connectivity index (χ1) is 18.9. The minimum Gasteiger partial charge on any atom is -0.384 e. The van der Waals surface area contributed by atoms with Crippen LogP contribution in [-0.4, -0.2) is 73.0 Å². The van der Waals surface area contributed by atoms with Gasteiger partial charge in [0.15, 0.2) is 5.96 Å². The van der Waals surface area contributed by atoms with Gasteiger partial charge in [-0.25, -0.2) is 0 Å². The Balaban J connectivity index is 2.25. The minimum atomic E-state index is -1.09. The fourth-order valence-corrected chi connectivity index (χ4v) is 4.83. The smallest absolute Gasteiger partial charge is 0.243 e. The first-order valence-electron chi connectivity index (χ1n) is 13.5. The molecule has 1 aromatic carbocycles. The summed E-state index contributed by atoms with van der Waals surface area (Å²) in [6.45, 7) is 0.270. The molecule has 0 spiro atoms. The quantitative estimate of drug-likeness (QED) is 0.0671. The summed E-state index contributed by atoms with van der Waals surface area (Å²) in [5.41, 5.74) is 23.0. The van der Waals surface area contributed by atoms with Crippen molar-refractivity contribution < 1.29 is 19.2 Å². The fourth-order valence-electron chi connectivity index (χ4n) is 4.83. The molecule has 0 saturated heterocycles. The standard InChI is InChI=1S/C27H43N9O4/c1-36(2)26(40)19(15-16-10-12-18(13-11-16)22(28)29)24(38)35-21(17-7-4-3-5-8-17)25(39)34-20(23(30)37)9-6-14-33-27(31)32/h10-13,17,19-21H,3-9,14-15H2,1-2H3,(H3,28,29)(H2,30,37)(H,34,39)(H,35,38)(H4,31,32,33). The number of aliphatic imine (C=N–C) groups is 1. The van der Waals surface area contributed by atoms with Crippen molar-refractivity contribution in [3.05, 3.63) is 35.4 Å². The predicted octanol–water partition coefficient (Wildman–Crippen LogP) is -0.694. The molecule has 1 aromatic rings. The Labute approximate surface area is 235 Å². The molecule has 0 aromatic heterocycles. The van der Waals surface area contributed by atoms with Crippen LogP contribution >= 0.6 is 0 Å². The molecule has 1 aliphatic rings. The van der Waals surface area contributed by atoms with Crippen LogP contribution in [-0.2, 0) is 25.6 Å². The first kappa shape index (κ1) is 32.1. The zero-order valence-corrected chi connectivity index (χ0v) is 23.3. The summed E-state index contributed by atoms with van der Waals surface area (Å²) in [6, 6.07) is 4.83. The van der Waals surface area contributed by atoms with E-state index in [0.29, 0.717) is 17.5 Å². The molecule has 40 heavy (non-hydrogen) atoms. The predicted molar refractivity (Wildman–Crippen MR) is 153 cm³/mol. The first-order valence-corrected chi connectivity index (χ1v) is 13.5. The number of benzene rings is 1. The van der Waals surface area contributed by atoms with Gasteiger partial charge in [0.25, 0.3) is 0 Å². The second-order valence-corrected chi connectivity index (χ2v) is 10.4. The average Bonchev–Trinajstić information content (AvgIpc) is 2.91. The molecule has 13 nitrogen and oxygen atoms in total. The lowest BCUT2D eigenvalue weighted by atomic mass is 9.83. The largest absolute Gasteiger partial charge is 0.384 e. The van der Waals surface area contributed by atoms with Crippen LogP contribution in [0.3, 0.4) is 0 Å². The van der Waals surface area contributed by atoms with Crippen molar-refractivity contribution in [1.82, 2.24) is 15.5 Å². The number of nitrogen functional groups attached to an aromatic ring is 1. The SMILES string of the molecule is CN(C)C(=O)C(Cc1ccc(C(=N)N)cc1)C(=O)NC(C(=O)NC(CCCN=C(N)N)C(N)=O)C1CCCCC1. The van der Waals surface area contributed by atoms with Crippen molar-refractivity contribution >= 4 is 35.4 Å². The van der Waals surface area contributed by atoms with E-state index in [1.807, 2.05) is 0 Å². The van der Waals surface area contributed by atoms with Crippen molar-refractivity contribution in [2.45, 2.75) is 63.5 Å². The van der Waals surface area contributed by atoms with Crippen molar-refractivity contribution in [2.75, 3.05) is 20.6 Å². The number of hydrogen-bond donors (Lipinski definition) is 7. The van der Waals surface area contributed by atoms with Gasteiger partial charge >= 0.3 is 0 Å². The summed E-state index contributed by atoms with van der Waals surface area (Å²) in [6.07, 6.45) is 5.02. The number of nitrogens with zero attached hydrogens (tertiary/aromatic N) is 2. The van der Waals surface area contributed by atoms with Gasteiger partial charge in [-0.2, -0.15) is 0 Å². The number of rotatable bonds is 14. The summed E-state index contributed by atoms with van der Waals surface area (Å²) in [5, 5.41) is 13.1. The fraction of sp³-hybridized carbons (Fsp3) is 0.556. The highest BCUT2D eigenvalue weighted by Gasteiger charge is 2.36. The average molecular weight is 558 g/mol. The molecule has 0 bridgehead atoms. The number of carbonyl (C=O) groups is 4. The van der Waals surface area contributed by atoms with Gasteiger partial charge in [0.05, 0.1) is 0 Å². The molecule has 4 amide bonds. The van der Waals surface area contributed by atoms with Crippen LogP contribution in [0.4, 0.5) is 0 Å². The van der Waals surface area contributed by atoms with E-state index >= 15 is 0 Å². The molecule has 2 rings (SSSR count). The lowest BCUT2D eigenvalue weighted by molar-refractivity contribution is -0.142. The molecule has 11 N–H and O–H groups in total. The number of primary amides is 1. The van der Waals surface area contributed by atoms with E-state index in [0.717, 1.165) is 32.1 Å². The summed E-state index contributed by atoms with van der Waals surface area (Å²) >= 11 is 0. The van der Waals surface area contributed by atoms with Crippen molar-refractivity contribution in [3.8, 4) is 0 Å². The molecule has 13 heteroatoms. The Morgan fingerprint density at radius 1 is 0.975 bits per heavy atom. The van der Waals surface area contributed by atoms with Crippen LogP contribution in [0.5, 0.6) is 0 Å². The Kier molecular flexibility index (Phi) is 12.4. The maximum atomic E-state index is 13.6. The Hall–Kier alpha value is -4.16. The van der Waals surface area contributed by atoms with Crippen LogP contribution in [0, 0.1) is 17.2 Å². The minimum absolute atomic E-state index is 0.0728.